The number of anilines is 2. The van der Waals surface area contributed by atoms with Crippen molar-refractivity contribution < 1.29 is 14.4 Å². The van der Waals surface area contributed by atoms with Gasteiger partial charge in [0.2, 0.25) is 17.7 Å². The first-order chi connectivity index (χ1) is 25.8. The summed E-state index contributed by atoms with van der Waals surface area (Å²) in [7, 11) is 0. The summed E-state index contributed by atoms with van der Waals surface area (Å²) >= 11 is 3.48. The Kier molecular flexibility index (Phi) is 12.0. The fourth-order valence-electron chi connectivity index (χ4n) is 7.96. The monoisotopic (exact) mass is 760 g/mol. The molecule has 0 radical (unpaired) electrons. The molecule has 2 atom stereocenters. The minimum atomic E-state index is -0.0565. The van der Waals surface area contributed by atoms with Gasteiger partial charge in [-0.05, 0) is 57.2 Å². The fraction of sp³-hybridized carbons (Fsp3) is 0.605. The van der Waals surface area contributed by atoms with E-state index in [-0.39, 0.29) is 23.7 Å². The van der Waals surface area contributed by atoms with Crippen molar-refractivity contribution in [1.29, 1.82) is 0 Å². The van der Waals surface area contributed by atoms with E-state index in [1.54, 1.807) is 42.3 Å². The molecule has 0 aromatic carbocycles. The summed E-state index contributed by atoms with van der Waals surface area (Å²) in [5.41, 5.74) is 0. The van der Waals surface area contributed by atoms with Crippen molar-refractivity contribution in [3.05, 3.63) is 34.5 Å². The van der Waals surface area contributed by atoms with Crippen LogP contribution in [-0.2, 0) is 27.2 Å². The summed E-state index contributed by atoms with van der Waals surface area (Å²) in [4.78, 5) is 70.4. The molecule has 4 fully saturated rings. The molecule has 4 saturated heterocycles. The molecular formula is C38H52N10O3S2. The van der Waals surface area contributed by atoms with Crippen LogP contribution in [0, 0.1) is 11.8 Å². The molecule has 4 aliphatic rings. The Labute approximate surface area is 319 Å². The Morgan fingerprint density at radius 3 is 1.66 bits per heavy atom. The maximum absolute atomic E-state index is 13.0. The predicted octanol–water partition coefficient (Wildman–Crippen LogP) is 4.06. The van der Waals surface area contributed by atoms with Gasteiger partial charge in [0.15, 0.2) is 0 Å². The Bertz CT molecular complexity index is 1890. The average molecular weight is 761 g/mol. The zero-order valence-electron chi connectivity index (χ0n) is 31.3. The molecule has 8 heterocycles. The van der Waals surface area contributed by atoms with E-state index in [4.69, 9.17) is 0 Å². The number of rotatable bonds is 6. The second-order valence-electron chi connectivity index (χ2n) is 14.4. The second kappa shape index (κ2) is 17.0. The summed E-state index contributed by atoms with van der Waals surface area (Å²) in [5, 5.41) is 5.62. The smallest absolute Gasteiger partial charge is 0.227 e. The molecule has 13 nitrogen and oxygen atoms in total. The number of likely N-dealkylation sites (tertiary alicyclic amines) is 1. The van der Waals surface area contributed by atoms with Crippen LogP contribution in [0.1, 0.15) is 56.2 Å². The van der Waals surface area contributed by atoms with Crippen molar-refractivity contribution in [3.63, 3.8) is 0 Å². The highest BCUT2D eigenvalue weighted by Crippen LogP contribution is 2.33. The number of nitrogens with one attached hydrogen (secondary N) is 1. The highest BCUT2D eigenvalue weighted by molar-refractivity contribution is 7.19. The normalized spacial score (nSPS) is 21.2. The van der Waals surface area contributed by atoms with Gasteiger partial charge >= 0.3 is 0 Å². The lowest BCUT2D eigenvalue weighted by Crippen LogP contribution is -2.53. The summed E-state index contributed by atoms with van der Waals surface area (Å²) in [6.45, 7) is 15.3. The van der Waals surface area contributed by atoms with E-state index in [9.17, 15) is 14.4 Å². The Morgan fingerprint density at radius 1 is 0.679 bits per heavy atom. The standard InChI is InChI=1S/C20H27N5O2S.C18H25N5OS/c1-3-16-11-17-18(21-13-22-19(17)28-16)23-7-9-24(10-8-23)20(27)15-5-4-6-25(12-15)14(2)26;1-2-14-10-15-16(20-12-21-17(15)25-14)22-6-8-23(9-7-22)18(24)13-4-3-5-19-11-13/h11,13,15H,3-10,12H2,1-2H3;10,12-13,19H,2-9,11H2,1H3. The van der Waals surface area contributed by atoms with E-state index >= 15 is 0 Å². The third-order valence-electron chi connectivity index (χ3n) is 11.1. The SMILES string of the molecule is CCc1cc2c(N3CCN(C(=O)C4CCCN(C(C)=O)C4)CC3)ncnc2s1.CCc1cc2c(N3CCN(C(=O)C4CCCNC4)CC3)ncnc2s1. The van der Waals surface area contributed by atoms with E-state index in [1.165, 1.54) is 9.75 Å². The second-order valence-corrected chi connectivity index (χ2v) is 16.7. The first-order valence-corrected chi connectivity index (χ1v) is 21.0. The number of carbonyl (C=O) groups excluding carboxylic acids is 3. The average Bonchev–Trinajstić information content (AvgIpc) is 3.85. The van der Waals surface area contributed by atoms with Crippen LogP contribution >= 0.6 is 22.7 Å². The van der Waals surface area contributed by atoms with Crippen molar-refractivity contribution in [1.82, 2.24) is 40.0 Å². The van der Waals surface area contributed by atoms with Crippen molar-refractivity contribution in [3.8, 4) is 0 Å². The number of aromatic nitrogens is 4. The molecule has 4 aromatic rings. The lowest BCUT2D eigenvalue weighted by molar-refractivity contribution is -0.140. The number of piperazine rings is 2. The number of aryl methyl sites for hydroxylation is 2. The zero-order chi connectivity index (χ0) is 36.9. The van der Waals surface area contributed by atoms with Gasteiger partial charge < -0.3 is 29.8 Å². The van der Waals surface area contributed by atoms with Crippen LogP contribution in [0.15, 0.2) is 24.8 Å². The Hall–Kier alpha value is -3.95. The van der Waals surface area contributed by atoms with E-state index in [2.05, 4.69) is 61.0 Å². The van der Waals surface area contributed by atoms with Crippen LogP contribution < -0.4 is 15.1 Å². The van der Waals surface area contributed by atoms with Gasteiger partial charge in [-0.3, -0.25) is 14.4 Å². The number of thiophene rings is 2. The van der Waals surface area contributed by atoms with Gasteiger partial charge in [0.1, 0.15) is 34.0 Å². The molecule has 0 aliphatic carbocycles. The van der Waals surface area contributed by atoms with E-state index in [0.29, 0.717) is 25.5 Å². The van der Waals surface area contributed by atoms with Crippen molar-refractivity contribution in [2.45, 2.75) is 59.3 Å². The number of amides is 3. The van der Waals surface area contributed by atoms with Crippen molar-refractivity contribution in [2.24, 2.45) is 11.8 Å². The first-order valence-electron chi connectivity index (χ1n) is 19.3. The Balaban J connectivity index is 0.000000165. The summed E-state index contributed by atoms with van der Waals surface area (Å²) < 4.78 is 0. The number of nitrogens with zero attached hydrogens (tertiary/aromatic N) is 9. The molecule has 15 heteroatoms. The highest BCUT2D eigenvalue weighted by atomic mass is 32.1. The summed E-state index contributed by atoms with van der Waals surface area (Å²) in [6, 6.07) is 4.42. The molecule has 0 bridgehead atoms. The summed E-state index contributed by atoms with van der Waals surface area (Å²) in [6.07, 6.45) is 9.25. The van der Waals surface area contributed by atoms with Crippen LogP contribution in [0.4, 0.5) is 11.6 Å². The number of piperidine rings is 2. The number of carbonyl (C=O) groups is 3. The molecule has 8 rings (SSSR count). The van der Waals surface area contributed by atoms with Gasteiger partial charge in [0.05, 0.1) is 22.6 Å². The number of fused-ring (bicyclic) bond motifs is 2. The van der Waals surface area contributed by atoms with Gasteiger partial charge in [0, 0.05) is 88.7 Å². The minimum absolute atomic E-state index is 0.0565. The maximum Gasteiger partial charge on any atom is 0.227 e. The van der Waals surface area contributed by atoms with Gasteiger partial charge in [-0.1, -0.05) is 13.8 Å². The largest absolute Gasteiger partial charge is 0.352 e. The maximum atomic E-state index is 13.0. The van der Waals surface area contributed by atoms with Crippen LogP contribution in [0.25, 0.3) is 20.4 Å². The van der Waals surface area contributed by atoms with Gasteiger partial charge in [-0.15, -0.1) is 22.7 Å². The molecule has 1 N–H and O–H groups in total. The lowest BCUT2D eigenvalue weighted by Gasteiger charge is -2.39. The fourth-order valence-corrected chi connectivity index (χ4v) is 9.82. The summed E-state index contributed by atoms with van der Waals surface area (Å²) in [5.74, 6) is 2.69. The van der Waals surface area contributed by atoms with E-state index in [0.717, 1.165) is 129 Å². The molecule has 3 amide bonds. The van der Waals surface area contributed by atoms with Crippen LogP contribution in [0.2, 0.25) is 0 Å². The van der Waals surface area contributed by atoms with Gasteiger partial charge in [-0.25, -0.2) is 19.9 Å². The van der Waals surface area contributed by atoms with E-state index in [1.807, 2.05) is 14.7 Å². The topological polar surface area (TPSA) is 131 Å². The first kappa shape index (κ1) is 37.4. The van der Waals surface area contributed by atoms with Crippen LogP contribution in [0.3, 0.4) is 0 Å². The molecule has 284 valence electrons. The highest BCUT2D eigenvalue weighted by Gasteiger charge is 2.33. The number of hydrogen-bond donors (Lipinski definition) is 1. The van der Waals surface area contributed by atoms with E-state index < -0.39 is 0 Å². The van der Waals surface area contributed by atoms with Crippen LogP contribution in [0.5, 0.6) is 0 Å². The van der Waals surface area contributed by atoms with Gasteiger partial charge in [-0.2, -0.15) is 0 Å². The lowest BCUT2D eigenvalue weighted by atomic mass is 9.96. The molecule has 53 heavy (non-hydrogen) atoms. The molecular weight excluding hydrogens is 709 g/mol. The van der Waals surface area contributed by atoms with Gasteiger partial charge in [0.25, 0.3) is 0 Å². The molecule has 4 aliphatic heterocycles. The number of hydrogen-bond acceptors (Lipinski definition) is 12. The zero-order valence-corrected chi connectivity index (χ0v) is 32.9. The van der Waals surface area contributed by atoms with Crippen LogP contribution in [-0.4, -0.2) is 131 Å². The van der Waals surface area contributed by atoms with Crippen molar-refractivity contribution >= 4 is 72.5 Å². The molecule has 0 saturated carbocycles. The van der Waals surface area contributed by atoms with Crippen molar-refractivity contribution in [2.75, 3.05) is 88.3 Å². The third kappa shape index (κ3) is 8.41. The predicted molar refractivity (Wildman–Crippen MR) is 212 cm³/mol. The minimum Gasteiger partial charge on any atom is -0.352 e. The third-order valence-corrected chi connectivity index (χ3v) is 13.4. The Morgan fingerprint density at radius 2 is 1.19 bits per heavy atom. The molecule has 0 spiro atoms. The molecule has 4 aromatic heterocycles. The quantitative estimate of drug-likeness (QED) is 0.307. The molecule has 2 unspecified atom stereocenters.